The molecule has 1 aliphatic heterocycles. The van der Waals surface area contributed by atoms with Crippen molar-refractivity contribution < 1.29 is 14.3 Å². The Kier molecular flexibility index (Phi) is 7.17. The standard InChI is InChI=1S/C25H28N4O3/c1-31-21-9-11-22(12-10-21)32-18-25(30)26-20-8-6-7-19(17-20)23-13-14-24(28-27-23)29-15-4-2-3-5-16-29/h6-14,17H,2-5,15-16,18H2,1H3,(H,26,30). The van der Waals surface area contributed by atoms with Gasteiger partial charge in [0.1, 0.15) is 11.5 Å². The van der Waals surface area contributed by atoms with Gasteiger partial charge >= 0.3 is 0 Å². The smallest absolute Gasteiger partial charge is 0.262 e. The number of hydrogen-bond acceptors (Lipinski definition) is 6. The molecule has 7 heteroatoms. The van der Waals surface area contributed by atoms with E-state index in [2.05, 4.69) is 20.4 Å². The average molecular weight is 433 g/mol. The van der Waals surface area contributed by atoms with E-state index in [1.54, 1.807) is 31.4 Å². The van der Waals surface area contributed by atoms with E-state index < -0.39 is 0 Å². The molecule has 2 heterocycles. The molecule has 0 unspecified atom stereocenters. The Morgan fingerprint density at radius 1 is 0.938 bits per heavy atom. The van der Waals surface area contributed by atoms with Gasteiger partial charge in [-0.25, -0.2) is 0 Å². The lowest BCUT2D eigenvalue weighted by atomic mass is 10.1. The molecule has 1 N–H and O–H groups in total. The molecule has 0 saturated carbocycles. The molecule has 2 aromatic carbocycles. The van der Waals surface area contributed by atoms with Crippen molar-refractivity contribution in [2.45, 2.75) is 25.7 Å². The maximum absolute atomic E-state index is 12.3. The lowest BCUT2D eigenvalue weighted by Gasteiger charge is -2.20. The fourth-order valence-corrected chi connectivity index (χ4v) is 3.72. The highest BCUT2D eigenvalue weighted by atomic mass is 16.5. The summed E-state index contributed by atoms with van der Waals surface area (Å²) in [5, 5.41) is 11.7. The van der Waals surface area contributed by atoms with Crippen molar-refractivity contribution in [1.29, 1.82) is 0 Å². The molecule has 1 amide bonds. The third kappa shape index (κ3) is 5.75. The summed E-state index contributed by atoms with van der Waals surface area (Å²) in [4.78, 5) is 14.6. The number of amides is 1. The van der Waals surface area contributed by atoms with Crippen molar-refractivity contribution >= 4 is 17.4 Å². The van der Waals surface area contributed by atoms with Crippen LogP contribution >= 0.6 is 0 Å². The quantitative estimate of drug-likeness (QED) is 0.590. The second-order valence-electron chi connectivity index (χ2n) is 7.77. The lowest BCUT2D eigenvalue weighted by Crippen LogP contribution is -2.25. The number of nitrogens with zero attached hydrogens (tertiary/aromatic N) is 3. The zero-order valence-electron chi connectivity index (χ0n) is 18.3. The summed E-state index contributed by atoms with van der Waals surface area (Å²) in [5.41, 5.74) is 2.35. The Bertz CT molecular complexity index is 1010. The monoisotopic (exact) mass is 432 g/mol. The molecule has 0 aliphatic carbocycles. The van der Waals surface area contributed by atoms with Crippen molar-refractivity contribution in [3.8, 4) is 22.8 Å². The number of aromatic nitrogens is 2. The normalized spacial score (nSPS) is 13.8. The van der Waals surface area contributed by atoms with Gasteiger partial charge in [0.25, 0.3) is 5.91 Å². The number of ether oxygens (including phenoxy) is 2. The fraction of sp³-hybridized carbons (Fsp3) is 0.320. The summed E-state index contributed by atoms with van der Waals surface area (Å²) >= 11 is 0. The number of carbonyl (C=O) groups excluding carboxylic acids is 1. The molecular formula is C25H28N4O3. The van der Waals surface area contributed by atoms with Crippen LogP contribution in [-0.2, 0) is 4.79 Å². The SMILES string of the molecule is COc1ccc(OCC(=O)Nc2cccc(-c3ccc(N4CCCCCC4)nn3)c2)cc1. The Morgan fingerprint density at radius 2 is 1.69 bits per heavy atom. The van der Waals surface area contributed by atoms with Crippen LogP contribution < -0.4 is 19.7 Å². The van der Waals surface area contributed by atoms with Crippen molar-refractivity contribution in [3.63, 3.8) is 0 Å². The summed E-state index contributed by atoms with van der Waals surface area (Å²) in [6.07, 6.45) is 4.97. The minimum absolute atomic E-state index is 0.0824. The number of hydrogen-bond donors (Lipinski definition) is 1. The zero-order chi connectivity index (χ0) is 22.2. The molecule has 7 nitrogen and oxygen atoms in total. The fourth-order valence-electron chi connectivity index (χ4n) is 3.72. The van der Waals surface area contributed by atoms with E-state index in [9.17, 15) is 4.79 Å². The molecule has 32 heavy (non-hydrogen) atoms. The highest BCUT2D eigenvalue weighted by Crippen LogP contribution is 2.23. The predicted octanol–water partition coefficient (Wildman–Crippen LogP) is 4.55. The number of carbonyl (C=O) groups is 1. The third-order valence-electron chi connectivity index (χ3n) is 5.45. The van der Waals surface area contributed by atoms with Crippen molar-refractivity contribution in [3.05, 3.63) is 60.7 Å². The van der Waals surface area contributed by atoms with Crippen molar-refractivity contribution in [2.75, 3.05) is 37.0 Å². The van der Waals surface area contributed by atoms with Crippen LogP contribution in [0.15, 0.2) is 60.7 Å². The molecule has 1 aliphatic rings. The first-order valence-electron chi connectivity index (χ1n) is 11.0. The number of nitrogens with one attached hydrogen (secondary N) is 1. The Balaban J connectivity index is 1.35. The highest BCUT2D eigenvalue weighted by Gasteiger charge is 2.12. The Morgan fingerprint density at radius 3 is 2.38 bits per heavy atom. The highest BCUT2D eigenvalue weighted by molar-refractivity contribution is 5.92. The number of rotatable bonds is 7. The number of benzene rings is 2. The minimum atomic E-state index is -0.236. The molecule has 0 spiro atoms. The van der Waals surface area contributed by atoms with Crippen LogP contribution in [0.4, 0.5) is 11.5 Å². The first-order chi connectivity index (χ1) is 15.7. The minimum Gasteiger partial charge on any atom is -0.497 e. The average Bonchev–Trinajstić information content (AvgIpc) is 3.13. The summed E-state index contributed by atoms with van der Waals surface area (Å²) in [6, 6.07) is 18.7. The first kappa shape index (κ1) is 21.6. The molecule has 0 bridgehead atoms. The van der Waals surface area contributed by atoms with Crippen LogP contribution in [0.5, 0.6) is 11.5 Å². The molecular weight excluding hydrogens is 404 g/mol. The second kappa shape index (κ2) is 10.6. The number of anilines is 2. The molecule has 166 valence electrons. The molecule has 1 saturated heterocycles. The summed E-state index contributed by atoms with van der Waals surface area (Å²) < 4.78 is 10.7. The van der Waals surface area contributed by atoms with Crippen LogP contribution in [0.25, 0.3) is 11.3 Å². The van der Waals surface area contributed by atoms with Gasteiger partial charge in [0.2, 0.25) is 0 Å². The van der Waals surface area contributed by atoms with Gasteiger partial charge in [-0.15, -0.1) is 10.2 Å². The van der Waals surface area contributed by atoms with Gasteiger partial charge < -0.3 is 19.7 Å². The van der Waals surface area contributed by atoms with E-state index in [4.69, 9.17) is 9.47 Å². The van der Waals surface area contributed by atoms with Gasteiger partial charge in [-0.1, -0.05) is 25.0 Å². The molecule has 1 fully saturated rings. The van der Waals surface area contributed by atoms with Gasteiger partial charge in [0.05, 0.1) is 12.8 Å². The topological polar surface area (TPSA) is 76.6 Å². The van der Waals surface area contributed by atoms with Gasteiger partial charge in [0.15, 0.2) is 12.4 Å². The van der Waals surface area contributed by atoms with E-state index in [-0.39, 0.29) is 12.5 Å². The van der Waals surface area contributed by atoms with Crippen molar-refractivity contribution in [1.82, 2.24) is 10.2 Å². The summed E-state index contributed by atoms with van der Waals surface area (Å²) in [6.45, 7) is 1.99. The zero-order valence-corrected chi connectivity index (χ0v) is 18.3. The molecule has 1 aromatic heterocycles. The van der Waals surface area contributed by atoms with Crippen LogP contribution in [0.1, 0.15) is 25.7 Å². The molecule has 3 aromatic rings. The number of methoxy groups -OCH3 is 1. The maximum atomic E-state index is 12.3. The third-order valence-corrected chi connectivity index (χ3v) is 5.45. The molecule has 0 atom stereocenters. The van der Waals surface area contributed by atoms with Crippen LogP contribution in [-0.4, -0.2) is 42.9 Å². The predicted molar refractivity (Wildman–Crippen MR) is 125 cm³/mol. The van der Waals surface area contributed by atoms with E-state index >= 15 is 0 Å². The maximum Gasteiger partial charge on any atom is 0.262 e. The Hall–Kier alpha value is -3.61. The van der Waals surface area contributed by atoms with Gasteiger partial charge in [0, 0.05) is 24.3 Å². The summed E-state index contributed by atoms with van der Waals surface area (Å²) in [5.74, 6) is 2.03. The first-order valence-corrected chi connectivity index (χ1v) is 11.0. The van der Waals surface area contributed by atoms with Crippen LogP contribution in [0.2, 0.25) is 0 Å². The van der Waals surface area contributed by atoms with E-state index in [0.717, 1.165) is 35.9 Å². The van der Waals surface area contributed by atoms with Gasteiger partial charge in [-0.3, -0.25) is 4.79 Å². The second-order valence-corrected chi connectivity index (χ2v) is 7.77. The van der Waals surface area contributed by atoms with E-state index in [0.29, 0.717) is 11.4 Å². The van der Waals surface area contributed by atoms with Crippen molar-refractivity contribution in [2.24, 2.45) is 0 Å². The molecule has 0 radical (unpaired) electrons. The van der Waals surface area contributed by atoms with Crippen LogP contribution in [0, 0.1) is 0 Å². The summed E-state index contributed by atoms with van der Waals surface area (Å²) in [7, 11) is 1.60. The van der Waals surface area contributed by atoms with E-state index in [1.807, 2.05) is 36.4 Å². The molecule has 4 rings (SSSR count). The largest absolute Gasteiger partial charge is 0.497 e. The Labute approximate surface area is 188 Å². The van der Waals surface area contributed by atoms with Crippen LogP contribution in [0.3, 0.4) is 0 Å². The van der Waals surface area contributed by atoms with E-state index in [1.165, 1.54) is 25.7 Å². The lowest BCUT2D eigenvalue weighted by molar-refractivity contribution is -0.118. The van der Waals surface area contributed by atoms with Gasteiger partial charge in [-0.05, 0) is 61.4 Å². The van der Waals surface area contributed by atoms with Gasteiger partial charge in [-0.2, -0.15) is 0 Å².